The lowest BCUT2D eigenvalue weighted by Gasteiger charge is -2.33. The molecule has 0 bridgehead atoms. The largest absolute Gasteiger partial charge is 0.340 e. The van der Waals surface area contributed by atoms with Crippen molar-refractivity contribution in [2.45, 2.75) is 0 Å². The van der Waals surface area contributed by atoms with E-state index in [2.05, 4.69) is 32.4 Å². The van der Waals surface area contributed by atoms with Crippen LogP contribution in [-0.4, -0.2) is 47.6 Å². The Labute approximate surface area is 107 Å². The molecule has 0 unspecified atom stereocenters. The van der Waals surface area contributed by atoms with Gasteiger partial charge in [-0.2, -0.15) is 0 Å². The summed E-state index contributed by atoms with van der Waals surface area (Å²) < 4.78 is 0. The first-order chi connectivity index (χ1) is 8.86. The molecular weight excluding hydrogens is 224 g/mol. The summed E-state index contributed by atoms with van der Waals surface area (Å²) in [6.45, 7) is 8.96. The quantitative estimate of drug-likeness (QED) is 0.835. The summed E-state index contributed by atoms with van der Waals surface area (Å²) in [5.74, 6) is 0.995. The molecule has 0 aliphatic carbocycles. The van der Waals surface area contributed by atoms with E-state index in [0.717, 1.165) is 49.7 Å². The monoisotopic (exact) mass is 242 g/mol. The lowest BCUT2D eigenvalue weighted by molar-refractivity contribution is 0.283. The molecule has 4 heteroatoms. The number of piperazine rings is 1. The lowest BCUT2D eigenvalue weighted by atomic mass is 10.3. The number of anilines is 1. The van der Waals surface area contributed by atoms with Gasteiger partial charge in [0.15, 0.2) is 0 Å². The summed E-state index contributed by atoms with van der Waals surface area (Å²) in [4.78, 5) is 12.8. The Balaban J connectivity index is 1.74. The van der Waals surface area contributed by atoms with E-state index in [4.69, 9.17) is 0 Å². The number of nitrogens with one attached hydrogen (secondary N) is 1. The highest BCUT2D eigenvalue weighted by Crippen LogP contribution is 2.18. The fourth-order valence-corrected chi connectivity index (χ4v) is 2.41. The number of hydrogen-bond acceptors (Lipinski definition) is 3. The van der Waals surface area contributed by atoms with E-state index in [9.17, 15) is 0 Å². The molecule has 0 amide bonds. The minimum Gasteiger partial charge on any atom is -0.340 e. The first-order valence-corrected chi connectivity index (χ1v) is 6.40. The molecule has 1 N–H and O–H groups in total. The van der Waals surface area contributed by atoms with Gasteiger partial charge in [0.2, 0.25) is 5.95 Å². The number of aromatic nitrogens is 2. The molecule has 4 nitrogen and oxygen atoms in total. The number of para-hydroxylation sites is 2. The van der Waals surface area contributed by atoms with Gasteiger partial charge in [0.05, 0.1) is 11.0 Å². The summed E-state index contributed by atoms with van der Waals surface area (Å²) in [7, 11) is 0. The predicted molar refractivity (Wildman–Crippen MR) is 74.9 cm³/mol. The summed E-state index contributed by atoms with van der Waals surface area (Å²) in [6, 6.07) is 8.17. The van der Waals surface area contributed by atoms with Crippen LogP contribution in [0.1, 0.15) is 0 Å². The second kappa shape index (κ2) is 4.82. The molecule has 1 aliphatic rings. The van der Waals surface area contributed by atoms with E-state index < -0.39 is 0 Å². The topological polar surface area (TPSA) is 35.2 Å². The van der Waals surface area contributed by atoms with E-state index in [1.807, 2.05) is 24.3 Å². The van der Waals surface area contributed by atoms with Gasteiger partial charge in [-0.05, 0) is 12.1 Å². The van der Waals surface area contributed by atoms with Gasteiger partial charge in [-0.25, -0.2) is 4.98 Å². The molecule has 0 spiro atoms. The number of nitrogens with zero attached hydrogens (tertiary/aromatic N) is 3. The average molecular weight is 242 g/mol. The molecular formula is C14H18N4. The molecule has 0 radical (unpaired) electrons. The van der Waals surface area contributed by atoms with Crippen LogP contribution in [0.25, 0.3) is 11.0 Å². The number of imidazole rings is 1. The SMILES string of the molecule is C=CCN1CCN(c2nc3ccccc3[nH]2)CC1. The molecule has 2 heterocycles. The Morgan fingerprint density at radius 3 is 2.72 bits per heavy atom. The zero-order valence-electron chi connectivity index (χ0n) is 10.5. The van der Waals surface area contributed by atoms with Crippen molar-refractivity contribution in [2.75, 3.05) is 37.6 Å². The van der Waals surface area contributed by atoms with E-state index in [-0.39, 0.29) is 0 Å². The molecule has 1 aliphatic heterocycles. The molecule has 1 aromatic carbocycles. The van der Waals surface area contributed by atoms with Crippen molar-refractivity contribution >= 4 is 17.0 Å². The van der Waals surface area contributed by atoms with Crippen molar-refractivity contribution in [1.82, 2.24) is 14.9 Å². The minimum atomic E-state index is 0.980. The number of aromatic amines is 1. The third kappa shape index (κ3) is 2.11. The first-order valence-electron chi connectivity index (χ1n) is 6.40. The Kier molecular flexibility index (Phi) is 3.02. The van der Waals surface area contributed by atoms with Gasteiger partial charge in [0.25, 0.3) is 0 Å². The summed E-state index contributed by atoms with van der Waals surface area (Å²) in [5.41, 5.74) is 2.15. The highest BCUT2D eigenvalue weighted by molar-refractivity contribution is 5.77. The third-order valence-corrected chi connectivity index (χ3v) is 3.44. The van der Waals surface area contributed by atoms with Gasteiger partial charge >= 0.3 is 0 Å². The number of fused-ring (bicyclic) bond motifs is 1. The molecule has 1 fully saturated rings. The fraction of sp³-hybridized carbons (Fsp3) is 0.357. The maximum absolute atomic E-state index is 4.64. The Bertz CT molecular complexity index is 504. The molecule has 0 saturated carbocycles. The van der Waals surface area contributed by atoms with Crippen molar-refractivity contribution in [1.29, 1.82) is 0 Å². The van der Waals surface area contributed by atoms with Crippen LogP contribution in [0.2, 0.25) is 0 Å². The lowest BCUT2D eigenvalue weighted by Crippen LogP contribution is -2.46. The molecule has 1 aromatic heterocycles. The van der Waals surface area contributed by atoms with Crippen LogP contribution in [0.5, 0.6) is 0 Å². The van der Waals surface area contributed by atoms with Crippen LogP contribution in [0.15, 0.2) is 36.9 Å². The zero-order chi connectivity index (χ0) is 12.4. The maximum Gasteiger partial charge on any atom is 0.203 e. The molecule has 18 heavy (non-hydrogen) atoms. The maximum atomic E-state index is 4.64. The standard InChI is InChI=1S/C14H18N4/c1-2-7-17-8-10-18(11-9-17)14-15-12-5-3-4-6-13(12)16-14/h2-6H,1,7-11H2,(H,15,16). The van der Waals surface area contributed by atoms with Gasteiger partial charge < -0.3 is 9.88 Å². The van der Waals surface area contributed by atoms with Crippen LogP contribution >= 0.6 is 0 Å². The molecule has 2 aromatic rings. The van der Waals surface area contributed by atoms with Crippen LogP contribution in [-0.2, 0) is 0 Å². The Morgan fingerprint density at radius 2 is 2.00 bits per heavy atom. The molecule has 94 valence electrons. The number of H-pyrrole nitrogens is 1. The van der Waals surface area contributed by atoms with Crippen molar-refractivity contribution in [3.05, 3.63) is 36.9 Å². The van der Waals surface area contributed by atoms with Crippen LogP contribution < -0.4 is 4.90 Å². The van der Waals surface area contributed by atoms with E-state index in [0.29, 0.717) is 0 Å². The minimum absolute atomic E-state index is 0.980. The highest BCUT2D eigenvalue weighted by Gasteiger charge is 2.18. The third-order valence-electron chi connectivity index (χ3n) is 3.44. The highest BCUT2D eigenvalue weighted by atomic mass is 15.3. The van der Waals surface area contributed by atoms with E-state index in [1.54, 1.807) is 0 Å². The van der Waals surface area contributed by atoms with Crippen molar-refractivity contribution < 1.29 is 0 Å². The van der Waals surface area contributed by atoms with Gasteiger partial charge in [-0.3, -0.25) is 4.90 Å². The average Bonchev–Trinajstić information content (AvgIpc) is 2.84. The van der Waals surface area contributed by atoms with Crippen LogP contribution in [0.4, 0.5) is 5.95 Å². The normalized spacial score (nSPS) is 17.2. The van der Waals surface area contributed by atoms with Gasteiger partial charge in [-0.1, -0.05) is 18.2 Å². The second-order valence-electron chi connectivity index (χ2n) is 4.65. The smallest absolute Gasteiger partial charge is 0.203 e. The van der Waals surface area contributed by atoms with Crippen molar-refractivity contribution in [3.8, 4) is 0 Å². The fourth-order valence-electron chi connectivity index (χ4n) is 2.41. The molecule has 1 saturated heterocycles. The zero-order valence-corrected chi connectivity index (χ0v) is 10.5. The first kappa shape index (κ1) is 11.3. The molecule has 3 rings (SSSR count). The van der Waals surface area contributed by atoms with Crippen molar-refractivity contribution in [2.24, 2.45) is 0 Å². The van der Waals surface area contributed by atoms with Gasteiger partial charge in [0, 0.05) is 32.7 Å². The van der Waals surface area contributed by atoms with Crippen LogP contribution in [0.3, 0.4) is 0 Å². The van der Waals surface area contributed by atoms with Gasteiger partial charge in [0.1, 0.15) is 0 Å². The molecule has 0 atom stereocenters. The summed E-state index contributed by atoms with van der Waals surface area (Å²) in [6.07, 6.45) is 1.97. The number of hydrogen-bond donors (Lipinski definition) is 1. The number of benzene rings is 1. The summed E-state index contributed by atoms with van der Waals surface area (Å²) in [5, 5.41) is 0. The van der Waals surface area contributed by atoms with Gasteiger partial charge in [-0.15, -0.1) is 6.58 Å². The number of rotatable bonds is 3. The summed E-state index contributed by atoms with van der Waals surface area (Å²) >= 11 is 0. The Hall–Kier alpha value is -1.81. The van der Waals surface area contributed by atoms with E-state index in [1.165, 1.54) is 0 Å². The Morgan fingerprint density at radius 1 is 1.22 bits per heavy atom. The van der Waals surface area contributed by atoms with E-state index >= 15 is 0 Å². The predicted octanol–water partition coefficient (Wildman–Crippen LogP) is 1.87. The van der Waals surface area contributed by atoms with Crippen LogP contribution in [0, 0.1) is 0 Å². The van der Waals surface area contributed by atoms with Crippen molar-refractivity contribution in [3.63, 3.8) is 0 Å². The second-order valence-corrected chi connectivity index (χ2v) is 4.65.